The number of hydrogen-bond acceptors (Lipinski definition) is 2. The predicted molar refractivity (Wildman–Crippen MR) is 80.9 cm³/mol. The number of halogens is 2. The summed E-state index contributed by atoms with van der Waals surface area (Å²) in [4.78, 5) is 4.12. The van der Waals surface area contributed by atoms with E-state index in [2.05, 4.69) is 17.2 Å². The highest BCUT2D eigenvalue weighted by atomic mass is 35.5. The van der Waals surface area contributed by atoms with Gasteiger partial charge in [-0.25, -0.2) is 0 Å². The topological polar surface area (TPSA) is 24.9 Å². The van der Waals surface area contributed by atoms with Crippen LogP contribution in [0.5, 0.6) is 0 Å². The molecule has 2 aromatic rings. The molecule has 0 bridgehead atoms. The Morgan fingerprint density at radius 2 is 1.89 bits per heavy atom. The standard InChI is InChI=1S/C15H16Cl2N2/c1-10-9-19-7-6-11(10)15(18-2)8-12-13(16)4-3-5-14(12)17/h3-7,9,15,18H,8H2,1-2H3. The molecule has 100 valence electrons. The molecule has 1 aromatic heterocycles. The van der Waals surface area contributed by atoms with E-state index in [0.29, 0.717) is 10.0 Å². The van der Waals surface area contributed by atoms with E-state index < -0.39 is 0 Å². The van der Waals surface area contributed by atoms with Crippen LogP contribution in [0.4, 0.5) is 0 Å². The molecule has 1 unspecified atom stereocenters. The van der Waals surface area contributed by atoms with Crippen LogP contribution in [-0.4, -0.2) is 12.0 Å². The van der Waals surface area contributed by atoms with Gasteiger partial charge in [0.25, 0.3) is 0 Å². The van der Waals surface area contributed by atoms with E-state index in [-0.39, 0.29) is 6.04 Å². The fraction of sp³-hybridized carbons (Fsp3) is 0.267. The minimum atomic E-state index is 0.167. The molecule has 0 radical (unpaired) electrons. The van der Waals surface area contributed by atoms with Crippen molar-refractivity contribution in [3.05, 3.63) is 63.4 Å². The summed E-state index contributed by atoms with van der Waals surface area (Å²) in [5, 5.41) is 4.73. The van der Waals surface area contributed by atoms with Gasteiger partial charge in [0.2, 0.25) is 0 Å². The lowest BCUT2D eigenvalue weighted by molar-refractivity contribution is 0.588. The van der Waals surface area contributed by atoms with Crippen LogP contribution in [0.15, 0.2) is 36.7 Å². The van der Waals surface area contributed by atoms with Crippen molar-refractivity contribution >= 4 is 23.2 Å². The highest BCUT2D eigenvalue weighted by Gasteiger charge is 2.16. The summed E-state index contributed by atoms with van der Waals surface area (Å²) in [5.41, 5.74) is 3.35. The maximum absolute atomic E-state index is 6.23. The minimum absolute atomic E-state index is 0.167. The number of hydrogen-bond donors (Lipinski definition) is 1. The maximum Gasteiger partial charge on any atom is 0.0453 e. The molecule has 0 amide bonds. The molecule has 0 aliphatic heterocycles. The first-order valence-electron chi connectivity index (χ1n) is 6.14. The fourth-order valence-corrected chi connectivity index (χ4v) is 2.73. The van der Waals surface area contributed by atoms with Crippen LogP contribution in [0.1, 0.15) is 22.7 Å². The minimum Gasteiger partial charge on any atom is -0.313 e. The number of aryl methyl sites for hydroxylation is 1. The van der Waals surface area contributed by atoms with Gasteiger partial charge < -0.3 is 5.32 Å². The third kappa shape index (κ3) is 3.27. The lowest BCUT2D eigenvalue weighted by Crippen LogP contribution is -2.20. The summed E-state index contributed by atoms with van der Waals surface area (Å²) in [6.07, 6.45) is 4.43. The van der Waals surface area contributed by atoms with E-state index in [9.17, 15) is 0 Å². The van der Waals surface area contributed by atoms with Crippen molar-refractivity contribution in [3.8, 4) is 0 Å². The molecule has 0 spiro atoms. The van der Waals surface area contributed by atoms with Gasteiger partial charge in [-0.1, -0.05) is 29.3 Å². The second kappa shape index (κ2) is 6.38. The third-order valence-corrected chi connectivity index (χ3v) is 3.97. The zero-order chi connectivity index (χ0) is 13.8. The SMILES string of the molecule is CNC(Cc1c(Cl)cccc1Cl)c1ccncc1C. The van der Waals surface area contributed by atoms with Crippen LogP contribution < -0.4 is 5.32 Å². The normalized spacial score (nSPS) is 12.4. The molecule has 0 saturated carbocycles. The maximum atomic E-state index is 6.23. The third-order valence-electron chi connectivity index (χ3n) is 3.26. The summed E-state index contributed by atoms with van der Waals surface area (Å²) in [6, 6.07) is 7.80. The first kappa shape index (κ1) is 14.3. The van der Waals surface area contributed by atoms with Crippen molar-refractivity contribution in [2.75, 3.05) is 7.05 Å². The zero-order valence-corrected chi connectivity index (χ0v) is 12.5. The Bertz CT molecular complexity index is 550. The molecule has 2 nitrogen and oxygen atoms in total. The number of rotatable bonds is 4. The number of benzene rings is 1. The Morgan fingerprint density at radius 3 is 2.47 bits per heavy atom. The Kier molecular flexibility index (Phi) is 4.81. The summed E-state index contributed by atoms with van der Waals surface area (Å²) in [7, 11) is 1.94. The number of aromatic nitrogens is 1. The summed E-state index contributed by atoms with van der Waals surface area (Å²) in [6.45, 7) is 2.06. The van der Waals surface area contributed by atoms with Crippen molar-refractivity contribution in [2.45, 2.75) is 19.4 Å². The predicted octanol–water partition coefficient (Wildman–Crippen LogP) is 4.20. The molecule has 0 fully saturated rings. The second-order valence-corrected chi connectivity index (χ2v) is 5.29. The van der Waals surface area contributed by atoms with Gasteiger partial charge in [0.15, 0.2) is 0 Å². The van der Waals surface area contributed by atoms with E-state index in [1.807, 2.05) is 37.5 Å². The first-order chi connectivity index (χ1) is 9.13. The molecule has 0 aliphatic rings. The number of nitrogens with one attached hydrogen (secondary N) is 1. The average molecular weight is 295 g/mol. The molecule has 0 aliphatic carbocycles. The second-order valence-electron chi connectivity index (χ2n) is 4.48. The van der Waals surface area contributed by atoms with Gasteiger partial charge in [-0.2, -0.15) is 0 Å². The van der Waals surface area contributed by atoms with Crippen molar-refractivity contribution in [2.24, 2.45) is 0 Å². The monoisotopic (exact) mass is 294 g/mol. The Morgan fingerprint density at radius 1 is 1.21 bits per heavy atom. The van der Waals surface area contributed by atoms with Crippen molar-refractivity contribution in [3.63, 3.8) is 0 Å². The van der Waals surface area contributed by atoms with Crippen molar-refractivity contribution in [1.29, 1.82) is 0 Å². The quantitative estimate of drug-likeness (QED) is 0.914. The van der Waals surface area contributed by atoms with Crippen molar-refractivity contribution < 1.29 is 0 Å². The van der Waals surface area contributed by atoms with E-state index in [1.165, 1.54) is 5.56 Å². The van der Waals surface area contributed by atoms with Crippen molar-refractivity contribution in [1.82, 2.24) is 10.3 Å². The van der Waals surface area contributed by atoms with Crippen LogP contribution in [-0.2, 0) is 6.42 Å². The number of likely N-dealkylation sites (N-methyl/N-ethyl adjacent to an activating group) is 1. The molecular weight excluding hydrogens is 279 g/mol. The van der Waals surface area contributed by atoms with E-state index in [1.54, 1.807) is 6.20 Å². The van der Waals surface area contributed by atoms with E-state index in [4.69, 9.17) is 23.2 Å². The van der Waals surface area contributed by atoms with E-state index >= 15 is 0 Å². The smallest absolute Gasteiger partial charge is 0.0453 e. The molecule has 1 heterocycles. The van der Waals surface area contributed by atoms with Gasteiger partial charge in [0.1, 0.15) is 0 Å². The van der Waals surface area contributed by atoms with Gasteiger partial charge >= 0.3 is 0 Å². The lowest BCUT2D eigenvalue weighted by Gasteiger charge is -2.20. The molecule has 4 heteroatoms. The molecule has 1 aromatic carbocycles. The summed E-state index contributed by atoms with van der Waals surface area (Å²) >= 11 is 12.5. The molecule has 1 atom stereocenters. The first-order valence-corrected chi connectivity index (χ1v) is 6.89. The van der Waals surface area contributed by atoms with Gasteiger partial charge in [0.05, 0.1) is 0 Å². The molecule has 2 rings (SSSR count). The number of pyridine rings is 1. The zero-order valence-electron chi connectivity index (χ0n) is 11.0. The largest absolute Gasteiger partial charge is 0.313 e. The Labute approximate surface area is 123 Å². The molecule has 0 saturated heterocycles. The van der Waals surface area contributed by atoms with Gasteiger partial charge in [0, 0.05) is 28.5 Å². The van der Waals surface area contributed by atoms with Crippen LogP contribution in [0.25, 0.3) is 0 Å². The molecule has 19 heavy (non-hydrogen) atoms. The van der Waals surface area contributed by atoms with Gasteiger partial charge in [-0.15, -0.1) is 0 Å². The van der Waals surface area contributed by atoms with Crippen LogP contribution in [0.2, 0.25) is 10.0 Å². The molecule has 1 N–H and O–H groups in total. The van der Waals surface area contributed by atoms with Crippen LogP contribution in [0.3, 0.4) is 0 Å². The highest BCUT2D eigenvalue weighted by molar-refractivity contribution is 6.36. The van der Waals surface area contributed by atoms with Crippen LogP contribution in [0, 0.1) is 6.92 Å². The van der Waals surface area contributed by atoms with Gasteiger partial charge in [-0.05, 0) is 55.3 Å². The summed E-state index contributed by atoms with van der Waals surface area (Å²) < 4.78 is 0. The van der Waals surface area contributed by atoms with E-state index in [0.717, 1.165) is 17.5 Å². The van der Waals surface area contributed by atoms with Gasteiger partial charge in [-0.3, -0.25) is 4.98 Å². The lowest BCUT2D eigenvalue weighted by atomic mass is 9.97. The highest BCUT2D eigenvalue weighted by Crippen LogP contribution is 2.29. The average Bonchev–Trinajstić information content (AvgIpc) is 2.40. The number of nitrogens with zero attached hydrogens (tertiary/aromatic N) is 1. The van der Waals surface area contributed by atoms with Crippen LogP contribution >= 0.6 is 23.2 Å². The molecular formula is C15H16Cl2N2. The Hall–Kier alpha value is -1.09. The fourth-order valence-electron chi connectivity index (χ4n) is 2.17. The Balaban J connectivity index is 2.32. The summed E-state index contributed by atoms with van der Waals surface area (Å²) in [5.74, 6) is 0.